The molecule has 0 aliphatic heterocycles. The molecule has 1 atom stereocenters. The Morgan fingerprint density at radius 2 is 1.94 bits per heavy atom. The fourth-order valence-corrected chi connectivity index (χ4v) is 4.10. The Kier molecular flexibility index (Phi) is 7.22. The summed E-state index contributed by atoms with van der Waals surface area (Å²) < 4.78 is 13.0. The third-order valence-corrected chi connectivity index (χ3v) is 5.57. The van der Waals surface area contributed by atoms with Crippen molar-refractivity contribution in [2.24, 2.45) is 13.0 Å². The van der Waals surface area contributed by atoms with Crippen molar-refractivity contribution in [3.05, 3.63) is 45.5 Å². The smallest absolute Gasteiger partial charge is 0.407 e. The maximum absolute atomic E-state index is 13.0. The number of halogens is 1. The number of hydrogen-bond acceptors (Lipinski definition) is 5. The summed E-state index contributed by atoms with van der Waals surface area (Å²) >= 11 is 6.58. The van der Waals surface area contributed by atoms with Crippen molar-refractivity contribution < 1.29 is 14.3 Å². The molecule has 7 nitrogen and oxygen atoms in total. The molecule has 0 bridgehead atoms. The molecule has 0 unspecified atom stereocenters. The molecule has 0 aliphatic rings. The zero-order chi connectivity index (χ0) is 24.5. The first-order valence-corrected chi connectivity index (χ1v) is 11.4. The zero-order valence-corrected chi connectivity index (χ0v) is 21.0. The van der Waals surface area contributed by atoms with Gasteiger partial charge in [-0.2, -0.15) is 0 Å². The number of ether oxygens (including phenoxy) is 2. The van der Waals surface area contributed by atoms with Crippen LogP contribution in [0.3, 0.4) is 0 Å². The first-order valence-electron chi connectivity index (χ1n) is 11.1. The summed E-state index contributed by atoms with van der Waals surface area (Å²) in [7, 11) is 1.72. The minimum Gasteiger partial charge on any atom is -0.490 e. The van der Waals surface area contributed by atoms with E-state index in [1.165, 1.54) is 0 Å². The highest BCUT2D eigenvalue weighted by molar-refractivity contribution is 6.33. The molecule has 1 aromatic carbocycles. The Hall–Kier alpha value is -2.80. The molecule has 0 radical (unpaired) electrons. The first-order chi connectivity index (χ1) is 15.4. The summed E-state index contributed by atoms with van der Waals surface area (Å²) in [5.74, 6) is 0.786. The van der Waals surface area contributed by atoms with Crippen LogP contribution in [-0.4, -0.2) is 33.9 Å². The second kappa shape index (κ2) is 9.59. The molecule has 8 heteroatoms. The van der Waals surface area contributed by atoms with Gasteiger partial charge in [0.15, 0.2) is 0 Å². The fourth-order valence-electron chi connectivity index (χ4n) is 3.89. The lowest BCUT2D eigenvalue weighted by atomic mass is 10.0. The number of aryl methyl sites for hydroxylation is 2. The maximum atomic E-state index is 13.0. The van der Waals surface area contributed by atoms with Crippen molar-refractivity contribution in [3.8, 4) is 5.75 Å². The second-order valence-electron chi connectivity index (χ2n) is 9.77. The van der Waals surface area contributed by atoms with Crippen molar-refractivity contribution >= 4 is 39.4 Å². The van der Waals surface area contributed by atoms with Gasteiger partial charge in [0, 0.05) is 24.7 Å². The number of fused-ring (bicyclic) bond motifs is 3. The number of nitrogens with one attached hydrogen (secondary N) is 1. The average molecular weight is 474 g/mol. The Balaban J connectivity index is 1.92. The van der Waals surface area contributed by atoms with Crippen molar-refractivity contribution in [1.82, 2.24) is 14.9 Å². The number of pyridine rings is 2. The Morgan fingerprint density at radius 1 is 1.24 bits per heavy atom. The van der Waals surface area contributed by atoms with Crippen molar-refractivity contribution in [1.29, 1.82) is 0 Å². The van der Waals surface area contributed by atoms with E-state index in [-0.39, 0.29) is 18.2 Å². The average Bonchev–Trinajstić information content (AvgIpc) is 2.68. The summed E-state index contributed by atoms with van der Waals surface area (Å²) in [4.78, 5) is 29.5. The third kappa shape index (κ3) is 5.77. The SMILES string of the molecule is Cc1nccc2c1c(=O)n(C)c1cc(OC[C@H](CC(C)C)NC(=O)OC(C)(C)C)c(Cl)cc21. The highest BCUT2D eigenvalue weighted by Crippen LogP contribution is 2.33. The predicted octanol–water partition coefficient (Wildman–Crippen LogP) is 5.37. The molecule has 0 saturated heterocycles. The number of nitrogens with zero attached hydrogens (tertiary/aromatic N) is 2. The molecule has 0 aliphatic carbocycles. The largest absolute Gasteiger partial charge is 0.490 e. The van der Waals surface area contributed by atoms with Gasteiger partial charge < -0.3 is 19.4 Å². The van der Waals surface area contributed by atoms with E-state index in [2.05, 4.69) is 24.1 Å². The summed E-state index contributed by atoms with van der Waals surface area (Å²) in [6.45, 7) is 11.6. The monoisotopic (exact) mass is 473 g/mol. The van der Waals surface area contributed by atoms with Gasteiger partial charge in [0.1, 0.15) is 18.0 Å². The van der Waals surface area contributed by atoms with E-state index >= 15 is 0 Å². The summed E-state index contributed by atoms with van der Waals surface area (Å²) in [5.41, 5.74) is 0.672. The molecule has 2 heterocycles. The van der Waals surface area contributed by atoms with Crippen LogP contribution in [0.15, 0.2) is 29.2 Å². The molecule has 3 aromatic rings. The summed E-state index contributed by atoms with van der Waals surface area (Å²) in [5, 5.41) is 5.55. The van der Waals surface area contributed by atoms with Crippen LogP contribution in [-0.2, 0) is 11.8 Å². The number of amides is 1. The van der Waals surface area contributed by atoms with Crippen LogP contribution in [0.2, 0.25) is 5.02 Å². The lowest BCUT2D eigenvalue weighted by Crippen LogP contribution is -2.42. The minimum absolute atomic E-state index is 0.124. The minimum atomic E-state index is -0.587. The Bertz CT molecular complexity index is 1240. The van der Waals surface area contributed by atoms with Crippen LogP contribution in [0.1, 0.15) is 46.7 Å². The van der Waals surface area contributed by atoms with Gasteiger partial charge in [-0.1, -0.05) is 25.4 Å². The summed E-state index contributed by atoms with van der Waals surface area (Å²) in [6.07, 6.45) is 1.91. The normalized spacial score (nSPS) is 12.9. The van der Waals surface area contributed by atoms with Crippen LogP contribution < -0.4 is 15.6 Å². The van der Waals surface area contributed by atoms with E-state index in [1.54, 1.807) is 23.9 Å². The second-order valence-corrected chi connectivity index (χ2v) is 10.2. The maximum Gasteiger partial charge on any atom is 0.407 e. The molecular formula is C25H32ClN3O4. The van der Waals surface area contributed by atoms with Crippen LogP contribution in [0.25, 0.3) is 21.7 Å². The van der Waals surface area contributed by atoms with E-state index in [0.717, 1.165) is 10.8 Å². The molecule has 2 aromatic heterocycles. The lowest BCUT2D eigenvalue weighted by molar-refractivity contribution is 0.0480. The fraction of sp³-hybridized carbons (Fsp3) is 0.480. The van der Waals surface area contributed by atoms with Gasteiger partial charge in [0.25, 0.3) is 5.56 Å². The number of hydrogen-bond donors (Lipinski definition) is 1. The van der Waals surface area contributed by atoms with Gasteiger partial charge >= 0.3 is 6.09 Å². The van der Waals surface area contributed by atoms with E-state index in [4.69, 9.17) is 21.1 Å². The van der Waals surface area contributed by atoms with Crippen molar-refractivity contribution in [3.63, 3.8) is 0 Å². The number of carbonyl (C=O) groups is 1. The number of benzene rings is 1. The zero-order valence-electron chi connectivity index (χ0n) is 20.3. The molecule has 3 rings (SSSR count). The lowest BCUT2D eigenvalue weighted by Gasteiger charge is -2.25. The summed E-state index contributed by atoms with van der Waals surface area (Å²) in [6, 6.07) is 5.15. The number of aromatic nitrogens is 2. The highest BCUT2D eigenvalue weighted by atomic mass is 35.5. The van der Waals surface area contributed by atoms with Gasteiger partial charge in [0.2, 0.25) is 0 Å². The van der Waals surface area contributed by atoms with Crippen LogP contribution in [0.4, 0.5) is 4.79 Å². The van der Waals surface area contributed by atoms with Crippen molar-refractivity contribution in [2.45, 2.75) is 59.6 Å². The Labute approximate surface area is 199 Å². The number of carbonyl (C=O) groups excluding carboxylic acids is 1. The molecule has 1 amide bonds. The first kappa shape index (κ1) is 24.8. The molecule has 33 heavy (non-hydrogen) atoms. The molecular weight excluding hydrogens is 442 g/mol. The van der Waals surface area contributed by atoms with E-state index in [1.807, 2.05) is 39.8 Å². The van der Waals surface area contributed by atoms with E-state index in [9.17, 15) is 9.59 Å². The van der Waals surface area contributed by atoms with E-state index in [0.29, 0.717) is 39.7 Å². The van der Waals surface area contributed by atoms with Gasteiger partial charge in [0.05, 0.1) is 27.7 Å². The third-order valence-electron chi connectivity index (χ3n) is 5.28. The quantitative estimate of drug-likeness (QED) is 0.487. The van der Waals surface area contributed by atoms with Gasteiger partial charge in [-0.25, -0.2) is 4.79 Å². The molecule has 0 fully saturated rings. The van der Waals surface area contributed by atoms with E-state index < -0.39 is 11.7 Å². The van der Waals surface area contributed by atoms with Gasteiger partial charge in [-0.15, -0.1) is 0 Å². The number of alkyl carbamates (subject to hydrolysis) is 1. The standard InChI is InChI=1S/C25H32ClN3O4/c1-14(2)10-16(28-24(31)33-25(4,5)6)13-32-21-12-20-18(11-19(21)26)17-8-9-27-15(3)22(17)23(30)29(20)7/h8-9,11-12,14,16H,10,13H2,1-7H3,(H,28,31)/t16-/m0/s1. The van der Waals surface area contributed by atoms with Gasteiger partial charge in [-0.05, 0) is 57.6 Å². The Morgan fingerprint density at radius 3 is 2.58 bits per heavy atom. The molecule has 0 saturated carbocycles. The van der Waals surface area contributed by atoms with Crippen LogP contribution in [0.5, 0.6) is 5.75 Å². The van der Waals surface area contributed by atoms with Crippen molar-refractivity contribution in [2.75, 3.05) is 6.61 Å². The van der Waals surface area contributed by atoms with Crippen LogP contribution in [0, 0.1) is 12.8 Å². The highest BCUT2D eigenvalue weighted by Gasteiger charge is 2.21. The predicted molar refractivity (Wildman–Crippen MR) is 132 cm³/mol. The van der Waals surface area contributed by atoms with Crippen LogP contribution >= 0.6 is 11.6 Å². The number of rotatable bonds is 6. The topological polar surface area (TPSA) is 82.5 Å². The van der Waals surface area contributed by atoms with Gasteiger partial charge in [-0.3, -0.25) is 9.78 Å². The molecule has 0 spiro atoms. The molecule has 178 valence electrons. The molecule has 1 N–H and O–H groups in total.